The normalized spacial score (nSPS) is 28.6. The third kappa shape index (κ3) is 7.97. The molecule has 2 aliphatic rings. The largest absolute Gasteiger partial charge is 0.508 e. The molecule has 54 heavy (non-hydrogen) atoms. The highest BCUT2D eigenvalue weighted by Crippen LogP contribution is 2.38. The second-order valence-corrected chi connectivity index (χ2v) is 12.5. The topological polar surface area (TPSA) is 296 Å². The maximum atomic E-state index is 13.9. The molecule has 18 heteroatoms. The smallest absolute Gasteiger partial charge is 0.330 e. The fourth-order valence-corrected chi connectivity index (χ4v) is 5.76. The van der Waals surface area contributed by atoms with Gasteiger partial charge in [0, 0.05) is 23.8 Å². The lowest BCUT2D eigenvalue weighted by atomic mass is 9.99. The van der Waals surface area contributed by atoms with E-state index in [0.29, 0.717) is 5.56 Å². The van der Waals surface area contributed by atoms with Crippen LogP contribution in [0.5, 0.6) is 28.7 Å². The Bertz CT molecular complexity index is 2030. The number of esters is 1. The number of carbonyl (C=O) groups excluding carboxylic acids is 1. The number of fused-ring (bicyclic) bond motifs is 1. The lowest BCUT2D eigenvalue weighted by Crippen LogP contribution is -2.60. The summed E-state index contributed by atoms with van der Waals surface area (Å²) in [6.45, 7) is -1.37. The number of hydrogen-bond acceptors (Lipinski definition) is 18. The first-order valence-electron chi connectivity index (χ1n) is 16.4. The van der Waals surface area contributed by atoms with Crippen molar-refractivity contribution in [3.63, 3.8) is 0 Å². The number of rotatable bonds is 10. The Morgan fingerprint density at radius 2 is 1.30 bits per heavy atom. The predicted octanol–water partition coefficient (Wildman–Crippen LogP) is -0.802. The summed E-state index contributed by atoms with van der Waals surface area (Å²) in [4.78, 5) is 26.2. The van der Waals surface area contributed by atoms with Crippen LogP contribution in [0, 0.1) is 0 Å². The van der Waals surface area contributed by atoms with Crippen molar-refractivity contribution in [2.45, 2.75) is 61.4 Å². The lowest BCUT2D eigenvalue weighted by Gasteiger charge is -2.39. The molecule has 2 fully saturated rings. The fraction of sp³-hybridized carbons (Fsp3) is 0.333. The molecule has 2 saturated heterocycles. The van der Waals surface area contributed by atoms with Crippen LogP contribution in [0.1, 0.15) is 5.56 Å². The summed E-state index contributed by atoms with van der Waals surface area (Å²) in [5.74, 6) is -2.94. The molecule has 0 radical (unpaired) electrons. The van der Waals surface area contributed by atoms with E-state index in [0.717, 1.165) is 18.2 Å². The van der Waals surface area contributed by atoms with Crippen LogP contribution in [0.4, 0.5) is 0 Å². The zero-order chi connectivity index (χ0) is 38.8. The van der Waals surface area contributed by atoms with Crippen LogP contribution < -0.4 is 14.9 Å². The standard InChI is InChI=1S/C36H36O18/c37-13-22-26(42)29(45)32(48)36(52-22)54-34-28(44)25-20(40)11-19(12-21(25)51-33(34)16-4-8-18(39)9-5-16)50-35-31(47)30(46)27(43)23(53-35)14-49-24(41)10-3-15-1-6-17(38)7-2-15/h1-12,22-23,26-27,29-32,35-40,42-43,45-48H,13-14H2. The third-order valence-electron chi connectivity index (χ3n) is 8.73. The molecule has 6 rings (SSSR count). The summed E-state index contributed by atoms with van der Waals surface area (Å²) in [5, 5.41) is 102. The predicted molar refractivity (Wildman–Crippen MR) is 181 cm³/mol. The number of aromatic hydroxyl groups is 3. The number of aliphatic hydroxyl groups excluding tert-OH is 7. The summed E-state index contributed by atoms with van der Waals surface area (Å²) in [6, 6.07) is 13.2. The van der Waals surface area contributed by atoms with Crippen LogP contribution in [-0.4, -0.2) is 132 Å². The van der Waals surface area contributed by atoms with E-state index in [1.165, 1.54) is 42.5 Å². The molecule has 0 spiro atoms. The molecule has 2 aliphatic heterocycles. The van der Waals surface area contributed by atoms with E-state index in [9.17, 15) is 60.7 Å². The highest BCUT2D eigenvalue weighted by molar-refractivity contribution is 5.88. The number of phenols is 3. The fourth-order valence-electron chi connectivity index (χ4n) is 5.76. The number of ether oxygens (including phenoxy) is 5. The molecule has 0 saturated carbocycles. The molecule has 18 nitrogen and oxygen atoms in total. The molecule has 0 amide bonds. The highest BCUT2D eigenvalue weighted by Gasteiger charge is 2.47. The molecule has 0 aliphatic carbocycles. The first-order chi connectivity index (χ1) is 25.7. The van der Waals surface area contributed by atoms with E-state index in [1.54, 1.807) is 12.1 Å². The van der Waals surface area contributed by atoms with Gasteiger partial charge in [-0.15, -0.1) is 0 Å². The van der Waals surface area contributed by atoms with Gasteiger partial charge in [-0.25, -0.2) is 4.79 Å². The Morgan fingerprint density at radius 3 is 1.93 bits per heavy atom. The second-order valence-electron chi connectivity index (χ2n) is 12.5. The van der Waals surface area contributed by atoms with Crippen LogP contribution in [0.25, 0.3) is 28.4 Å². The summed E-state index contributed by atoms with van der Waals surface area (Å²) < 4.78 is 33.5. The van der Waals surface area contributed by atoms with Crippen molar-refractivity contribution < 1.29 is 84.0 Å². The summed E-state index contributed by atoms with van der Waals surface area (Å²) in [6.07, 6.45) is -14.8. The Morgan fingerprint density at radius 1 is 0.722 bits per heavy atom. The minimum absolute atomic E-state index is 0.0341. The Labute approximate surface area is 304 Å². The molecule has 1 aromatic heterocycles. The van der Waals surface area contributed by atoms with Crippen molar-refractivity contribution in [2.24, 2.45) is 0 Å². The monoisotopic (exact) mass is 756 g/mol. The number of carbonyl (C=O) groups is 1. The van der Waals surface area contributed by atoms with E-state index in [-0.39, 0.29) is 34.2 Å². The minimum atomic E-state index is -1.92. The Kier molecular flexibility index (Phi) is 11.4. The maximum absolute atomic E-state index is 13.9. The number of phenolic OH excluding ortho intramolecular Hbond substituents is 3. The molecule has 10 atom stereocenters. The summed E-state index contributed by atoms with van der Waals surface area (Å²) in [7, 11) is 0. The average molecular weight is 757 g/mol. The average Bonchev–Trinajstić information content (AvgIpc) is 3.15. The van der Waals surface area contributed by atoms with E-state index < -0.39 is 103 Å². The van der Waals surface area contributed by atoms with Crippen LogP contribution in [0.2, 0.25) is 0 Å². The van der Waals surface area contributed by atoms with Crippen LogP contribution in [-0.2, 0) is 19.0 Å². The third-order valence-corrected chi connectivity index (χ3v) is 8.73. The van der Waals surface area contributed by atoms with Crippen molar-refractivity contribution in [1.82, 2.24) is 0 Å². The van der Waals surface area contributed by atoms with Gasteiger partial charge in [0.1, 0.15) is 89.4 Å². The Balaban J connectivity index is 1.27. The van der Waals surface area contributed by atoms with Crippen molar-refractivity contribution >= 4 is 23.0 Å². The number of aliphatic hydroxyl groups is 7. The van der Waals surface area contributed by atoms with E-state index in [1.807, 2.05) is 0 Å². The minimum Gasteiger partial charge on any atom is -0.508 e. The quantitative estimate of drug-likeness (QED) is 0.0700. The van der Waals surface area contributed by atoms with Gasteiger partial charge in [-0.2, -0.15) is 0 Å². The van der Waals surface area contributed by atoms with Gasteiger partial charge >= 0.3 is 5.97 Å². The van der Waals surface area contributed by atoms with Gasteiger partial charge in [-0.05, 0) is 48.0 Å². The number of hydrogen-bond donors (Lipinski definition) is 10. The summed E-state index contributed by atoms with van der Waals surface area (Å²) in [5.41, 5.74) is -0.631. The van der Waals surface area contributed by atoms with Gasteiger partial charge in [-0.3, -0.25) is 4.79 Å². The van der Waals surface area contributed by atoms with Gasteiger partial charge in [0.05, 0.1) is 6.61 Å². The molecule has 288 valence electrons. The molecule has 0 bridgehead atoms. The zero-order valence-electron chi connectivity index (χ0n) is 27.9. The molecule has 3 aromatic carbocycles. The van der Waals surface area contributed by atoms with Crippen molar-refractivity contribution in [3.05, 3.63) is 82.5 Å². The van der Waals surface area contributed by atoms with Gasteiger partial charge in [-0.1, -0.05) is 12.1 Å². The second kappa shape index (κ2) is 16.0. The first-order valence-corrected chi connectivity index (χ1v) is 16.4. The molecule has 3 heterocycles. The van der Waals surface area contributed by atoms with Crippen LogP contribution in [0.15, 0.2) is 76.0 Å². The van der Waals surface area contributed by atoms with E-state index >= 15 is 0 Å². The summed E-state index contributed by atoms with van der Waals surface area (Å²) >= 11 is 0. The SMILES string of the molecule is O=C(C=Cc1ccc(O)cc1)OCC1OC(Oc2cc(O)c3c(=O)c(OC4OC(CO)C(O)C(O)C4O)c(-c4ccc(O)cc4)oc3c2)C(O)C(O)C1O. The highest BCUT2D eigenvalue weighted by atomic mass is 16.7. The lowest BCUT2D eigenvalue weighted by molar-refractivity contribution is -0.278. The molecular weight excluding hydrogens is 720 g/mol. The maximum Gasteiger partial charge on any atom is 0.330 e. The molecule has 10 N–H and O–H groups in total. The van der Waals surface area contributed by atoms with Crippen LogP contribution in [0.3, 0.4) is 0 Å². The van der Waals surface area contributed by atoms with Crippen molar-refractivity contribution in [2.75, 3.05) is 13.2 Å². The van der Waals surface area contributed by atoms with E-state index in [4.69, 9.17) is 28.1 Å². The van der Waals surface area contributed by atoms with Gasteiger partial charge in [0.2, 0.25) is 23.8 Å². The van der Waals surface area contributed by atoms with Gasteiger partial charge < -0.3 is 79.2 Å². The molecular formula is C36H36O18. The van der Waals surface area contributed by atoms with E-state index in [2.05, 4.69) is 0 Å². The zero-order valence-corrected chi connectivity index (χ0v) is 27.9. The van der Waals surface area contributed by atoms with Gasteiger partial charge in [0.25, 0.3) is 0 Å². The molecule has 4 aromatic rings. The number of benzene rings is 3. The van der Waals surface area contributed by atoms with Crippen LogP contribution >= 0.6 is 0 Å². The Hall–Kier alpha value is -5.28. The van der Waals surface area contributed by atoms with Gasteiger partial charge in [0.15, 0.2) is 5.76 Å². The first kappa shape index (κ1) is 38.4. The van der Waals surface area contributed by atoms with Crippen molar-refractivity contribution in [3.8, 4) is 40.1 Å². The molecule has 10 unspecified atom stereocenters. The van der Waals surface area contributed by atoms with Crippen molar-refractivity contribution in [1.29, 1.82) is 0 Å².